The SMILES string of the molecule is CC(C)CCOCCNc1cc(C(C)C)ncn1. The molecule has 0 aliphatic rings. The Morgan fingerprint density at radius 3 is 2.61 bits per heavy atom. The van der Waals surface area contributed by atoms with E-state index in [0.29, 0.717) is 18.4 Å². The predicted octanol–water partition coefficient (Wildman–Crippen LogP) is 3.07. The molecule has 0 atom stereocenters. The van der Waals surface area contributed by atoms with Crippen molar-refractivity contribution in [1.82, 2.24) is 9.97 Å². The van der Waals surface area contributed by atoms with Gasteiger partial charge in [0.25, 0.3) is 0 Å². The monoisotopic (exact) mass is 251 g/mol. The van der Waals surface area contributed by atoms with Crippen LogP contribution in [0.4, 0.5) is 5.82 Å². The van der Waals surface area contributed by atoms with Crippen LogP contribution in [0.15, 0.2) is 12.4 Å². The average Bonchev–Trinajstić information content (AvgIpc) is 2.33. The first kappa shape index (κ1) is 14.9. The van der Waals surface area contributed by atoms with Gasteiger partial charge >= 0.3 is 0 Å². The Morgan fingerprint density at radius 1 is 1.17 bits per heavy atom. The molecule has 1 heterocycles. The Bertz CT molecular complexity index is 340. The minimum atomic E-state index is 0.427. The highest BCUT2D eigenvalue weighted by Crippen LogP contribution is 2.13. The van der Waals surface area contributed by atoms with Gasteiger partial charge in [-0.2, -0.15) is 0 Å². The van der Waals surface area contributed by atoms with E-state index in [1.165, 1.54) is 0 Å². The molecule has 102 valence electrons. The minimum Gasteiger partial charge on any atom is -0.380 e. The Hall–Kier alpha value is -1.16. The second-order valence-corrected chi connectivity index (χ2v) is 5.20. The minimum absolute atomic E-state index is 0.427. The molecule has 0 bridgehead atoms. The lowest BCUT2D eigenvalue weighted by molar-refractivity contribution is 0.132. The highest BCUT2D eigenvalue weighted by Gasteiger charge is 2.02. The fraction of sp³-hybridized carbons (Fsp3) is 0.714. The molecule has 0 aromatic carbocycles. The number of hydrogen-bond acceptors (Lipinski definition) is 4. The van der Waals surface area contributed by atoms with Crippen molar-refractivity contribution >= 4 is 5.82 Å². The molecule has 0 aliphatic carbocycles. The van der Waals surface area contributed by atoms with Gasteiger partial charge in [0, 0.05) is 24.9 Å². The Balaban J connectivity index is 2.21. The lowest BCUT2D eigenvalue weighted by Gasteiger charge is -2.09. The van der Waals surface area contributed by atoms with Crippen molar-refractivity contribution in [1.29, 1.82) is 0 Å². The molecule has 4 nitrogen and oxygen atoms in total. The van der Waals surface area contributed by atoms with Gasteiger partial charge in [-0.15, -0.1) is 0 Å². The van der Waals surface area contributed by atoms with E-state index >= 15 is 0 Å². The molecule has 0 saturated carbocycles. The Morgan fingerprint density at radius 2 is 1.94 bits per heavy atom. The normalized spacial score (nSPS) is 11.2. The predicted molar refractivity (Wildman–Crippen MR) is 74.9 cm³/mol. The number of hydrogen-bond donors (Lipinski definition) is 1. The van der Waals surface area contributed by atoms with Crippen molar-refractivity contribution < 1.29 is 4.74 Å². The summed E-state index contributed by atoms with van der Waals surface area (Å²) < 4.78 is 5.54. The summed E-state index contributed by atoms with van der Waals surface area (Å²) in [5.41, 5.74) is 1.06. The molecule has 4 heteroatoms. The van der Waals surface area contributed by atoms with Crippen LogP contribution in [0.5, 0.6) is 0 Å². The fourth-order valence-corrected chi connectivity index (χ4v) is 1.46. The molecular formula is C14H25N3O. The van der Waals surface area contributed by atoms with E-state index in [9.17, 15) is 0 Å². The number of nitrogens with zero attached hydrogens (tertiary/aromatic N) is 2. The van der Waals surface area contributed by atoms with Crippen LogP contribution < -0.4 is 5.32 Å². The number of nitrogens with one attached hydrogen (secondary N) is 1. The Labute approximate surface area is 110 Å². The molecule has 0 saturated heterocycles. The third kappa shape index (κ3) is 5.96. The zero-order valence-electron chi connectivity index (χ0n) is 11.9. The van der Waals surface area contributed by atoms with Gasteiger partial charge in [0.1, 0.15) is 12.1 Å². The summed E-state index contributed by atoms with van der Waals surface area (Å²) in [5.74, 6) is 2.01. The first-order valence-corrected chi connectivity index (χ1v) is 6.73. The van der Waals surface area contributed by atoms with Gasteiger partial charge in [0.05, 0.1) is 6.61 Å². The quantitative estimate of drug-likeness (QED) is 0.721. The molecule has 0 aliphatic heterocycles. The molecule has 0 radical (unpaired) electrons. The van der Waals surface area contributed by atoms with Crippen molar-refractivity contribution in [2.24, 2.45) is 5.92 Å². The highest BCUT2D eigenvalue weighted by molar-refractivity contribution is 5.35. The van der Waals surface area contributed by atoms with E-state index in [2.05, 4.69) is 43.0 Å². The van der Waals surface area contributed by atoms with Crippen LogP contribution in [0, 0.1) is 5.92 Å². The van der Waals surface area contributed by atoms with Gasteiger partial charge in [-0.25, -0.2) is 9.97 Å². The topological polar surface area (TPSA) is 47.0 Å². The van der Waals surface area contributed by atoms with Gasteiger partial charge in [0.15, 0.2) is 0 Å². The maximum atomic E-state index is 5.54. The zero-order valence-corrected chi connectivity index (χ0v) is 11.9. The van der Waals surface area contributed by atoms with E-state index in [-0.39, 0.29) is 0 Å². The smallest absolute Gasteiger partial charge is 0.129 e. The lowest BCUT2D eigenvalue weighted by atomic mass is 10.1. The summed E-state index contributed by atoms with van der Waals surface area (Å²) in [4.78, 5) is 8.42. The van der Waals surface area contributed by atoms with Crippen LogP contribution in [-0.2, 0) is 4.74 Å². The molecule has 1 aromatic rings. The maximum absolute atomic E-state index is 5.54. The van der Waals surface area contributed by atoms with Crippen LogP contribution in [0.3, 0.4) is 0 Å². The van der Waals surface area contributed by atoms with Gasteiger partial charge in [0.2, 0.25) is 0 Å². The summed E-state index contributed by atoms with van der Waals surface area (Å²) in [7, 11) is 0. The van der Waals surface area contributed by atoms with Gasteiger partial charge < -0.3 is 10.1 Å². The molecule has 0 spiro atoms. The molecule has 18 heavy (non-hydrogen) atoms. The van der Waals surface area contributed by atoms with E-state index in [0.717, 1.165) is 31.1 Å². The Kier molecular flexibility index (Phi) is 6.65. The van der Waals surface area contributed by atoms with Crippen LogP contribution in [-0.4, -0.2) is 29.7 Å². The van der Waals surface area contributed by atoms with E-state index in [1.54, 1.807) is 6.33 Å². The summed E-state index contributed by atoms with van der Waals surface area (Å²) in [6.45, 7) is 11.0. The van der Waals surface area contributed by atoms with Gasteiger partial charge in [-0.3, -0.25) is 0 Å². The first-order chi connectivity index (χ1) is 8.59. The molecule has 1 aromatic heterocycles. The van der Waals surface area contributed by atoms with Crippen molar-refractivity contribution in [2.75, 3.05) is 25.1 Å². The van der Waals surface area contributed by atoms with Crippen molar-refractivity contribution in [3.63, 3.8) is 0 Å². The van der Waals surface area contributed by atoms with Gasteiger partial charge in [-0.1, -0.05) is 27.7 Å². The van der Waals surface area contributed by atoms with E-state index in [1.807, 2.05) is 6.07 Å². The van der Waals surface area contributed by atoms with Crippen LogP contribution in [0.2, 0.25) is 0 Å². The molecule has 0 unspecified atom stereocenters. The second-order valence-electron chi connectivity index (χ2n) is 5.20. The zero-order chi connectivity index (χ0) is 13.4. The van der Waals surface area contributed by atoms with Gasteiger partial charge in [-0.05, 0) is 18.3 Å². The third-order valence-corrected chi connectivity index (χ3v) is 2.67. The van der Waals surface area contributed by atoms with Crippen LogP contribution in [0.1, 0.15) is 45.7 Å². The summed E-state index contributed by atoms with van der Waals surface area (Å²) >= 11 is 0. The average molecular weight is 251 g/mol. The van der Waals surface area contributed by atoms with E-state index in [4.69, 9.17) is 4.74 Å². The summed E-state index contributed by atoms with van der Waals surface area (Å²) in [6, 6.07) is 2.00. The first-order valence-electron chi connectivity index (χ1n) is 6.73. The van der Waals surface area contributed by atoms with Crippen molar-refractivity contribution in [3.8, 4) is 0 Å². The standard InChI is InChI=1S/C14H25N3O/c1-11(2)5-7-18-8-6-15-14-9-13(12(3)4)16-10-17-14/h9-12H,5-8H2,1-4H3,(H,15,16,17). The maximum Gasteiger partial charge on any atom is 0.129 e. The van der Waals surface area contributed by atoms with Crippen molar-refractivity contribution in [3.05, 3.63) is 18.1 Å². The molecule has 1 rings (SSSR count). The molecule has 0 fully saturated rings. The van der Waals surface area contributed by atoms with Crippen LogP contribution in [0.25, 0.3) is 0 Å². The second kappa shape index (κ2) is 8.03. The van der Waals surface area contributed by atoms with Crippen molar-refractivity contribution in [2.45, 2.75) is 40.0 Å². The summed E-state index contributed by atoms with van der Waals surface area (Å²) in [5, 5.41) is 3.25. The number of ether oxygens (including phenoxy) is 1. The third-order valence-electron chi connectivity index (χ3n) is 2.67. The molecule has 1 N–H and O–H groups in total. The number of rotatable bonds is 8. The number of aromatic nitrogens is 2. The molecule has 0 amide bonds. The largest absolute Gasteiger partial charge is 0.380 e. The summed E-state index contributed by atoms with van der Waals surface area (Å²) in [6.07, 6.45) is 2.72. The van der Waals surface area contributed by atoms with Crippen LogP contribution >= 0.6 is 0 Å². The number of anilines is 1. The lowest BCUT2D eigenvalue weighted by Crippen LogP contribution is -2.12. The highest BCUT2D eigenvalue weighted by atomic mass is 16.5. The molecular weight excluding hydrogens is 226 g/mol. The fourth-order valence-electron chi connectivity index (χ4n) is 1.46. The van der Waals surface area contributed by atoms with E-state index < -0.39 is 0 Å².